The van der Waals surface area contributed by atoms with E-state index in [1.165, 1.54) is 22.9 Å². The summed E-state index contributed by atoms with van der Waals surface area (Å²) in [4.78, 5) is 2.82. The summed E-state index contributed by atoms with van der Waals surface area (Å²) in [5.74, 6) is 0. The average Bonchev–Trinajstić information content (AvgIpc) is 2.97. The molecule has 1 unspecified atom stereocenters. The summed E-state index contributed by atoms with van der Waals surface area (Å²) < 4.78 is 2.37. The number of halogens is 2. The Hall–Kier alpha value is 0.320. The Bertz CT molecular complexity index is 596. The van der Waals surface area contributed by atoms with Gasteiger partial charge in [-0.3, -0.25) is 0 Å². The Morgan fingerprint density at radius 2 is 1.90 bits per heavy atom. The zero-order valence-electron chi connectivity index (χ0n) is 12.8. The second-order valence-corrected chi connectivity index (χ2v) is 11.0. The maximum absolute atomic E-state index is 3.71. The van der Waals surface area contributed by atoms with Gasteiger partial charge in [-0.1, -0.05) is 27.7 Å². The van der Waals surface area contributed by atoms with Gasteiger partial charge >= 0.3 is 0 Å². The fourth-order valence-electron chi connectivity index (χ4n) is 2.11. The predicted molar refractivity (Wildman–Crippen MR) is 103 cm³/mol. The Labute approximate surface area is 152 Å². The first kappa shape index (κ1) is 17.7. The Morgan fingerprint density at radius 1 is 1.19 bits per heavy atom. The van der Waals surface area contributed by atoms with E-state index < -0.39 is 0 Å². The van der Waals surface area contributed by atoms with Crippen LogP contribution in [0.4, 0.5) is 0 Å². The van der Waals surface area contributed by atoms with E-state index in [0.29, 0.717) is 0 Å². The molecule has 0 radical (unpaired) electrons. The van der Waals surface area contributed by atoms with Gasteiger partial charge in [0, 0.05) is 15.3 Å². The van der Waals surface area contributed by atoms with Crippen LogP contribution in [0, 0.1) is 0 Å². The summed E-state index contributed by atoms with van der Waals surface area (Å²) in [7, 11) is 0. The van der Waals surface area contributed by atoms with Crippen molar-refractivity contribution in [2.24, 2.45) is 0 Å². The first-order valence-electron chi connectivity index (χ1n) is 7.11. The van der Waals surface area contributed by atoms with Crippen molar-refractivity contribution in [3.8, 4) is 0 Å². The van der Waals surface area contributed by atoms with Crippen molar-refractivity contribution >= 4 is 54.5 Å². The fraction of sp³-hybridized carbons (Fsp3) is 0.500. The minimum atomic E-state index is 0.213. The Kier molecular flexibility index (Phi) is 6.11. The zero-order valence-corrected chi connectivity index (χ0v) is 17.6. The van der Waals surface area contributed by atoms with E-state index >= 15 is 0 Å². The molecule has 0 aliphatic carbocycles. The topological polar surface area (TPSA) is 12.0 Å². The van der Waals surface area contributed by atoms with E-state index in [1.807, 2.05) is 11.3 Å². The maximum Gasteiger partial charge on any atom is 0.0762 e. The van der Waals surface area contributed by atoms with E-state index in [4.69, 9.17) is 0 Å². The molecule has 0 bridgehead atoms. The highest BCUT2D eigenvalue weighted by Crippen LogP contribution is 2.41. The first-order chi connectivity index (χ1) is 9.82. The molecule has 0 fully saturated rings. The molecule has 2 heterocycles. The number of hydrogen-bond acceptors (Lipinski definition) is 3. The molecule has 0 aliphatic rings. The van der Waals surface area contributed by atoms with Crippen LogP contribution >= 0.6 is 54.5 Å². The third-order valence-corrected chi connectivity index (χ3v) is 7.20. The van der Waals surface area contributed by atoms with Crippen molar-refractivity contribution in [2.75, 3.05) is 6.54 Å². The second-order valence-electron chi connectivity index (χ2n) is 6.12. The van der Waals surface area contributed by atoms with Crippen molar-refractivity contribution in [3.05, 3.63) is 41.1 Å². The molecule has 5 heteroatoms. The summed E-state index contributed by atoms with van der Waals surface area (Å²) in [5.41, 5.74) is 1.53. The molecular weight excluding hydrogens is 430 g/mol. The maximum atomic E-state index is 3.71. The van der Waals surface area contributed by atoms with Gasteiger partial charge in [-0.25, -0.2) is 0 Å². The zero-order chi connectivity index (χ0) is 15.6. The lowest BCUT2D eigenvalue weighted by Crippen LogP contribution is -2.22. The molecule has 0 saturated carbocycles. The first-order valence-corrected chi connectivity index (χ1v) is 10.3. The molecular formula is C16H21Br2NS2. The fourth-order valence-corrected chi connectivity index (χ4v) is 6.18. The minimum absolute atomic E-state index is 0.213. The molecule has 0 spiro atoms. The molecule has 2 rings (SSSR count). The molecule has 0 aromatic carbocycles. The third kappa shape index (κ3) is 4.41. The largest absolute Gasteiger partial charge is 0.306 e. The molecule has 0 amide bonds. The van der Waals surface area contributed by atoms with Crippen molar-refractivity contribution in [1.82, 2.24) is 5.32 Å². The van der Waals surface area contributed by atoms with E-state index in [0.717, 1.165) is 13.0 Å². The normalized spacial score (nSPS) is 13.6. The Balaban J connectivity index is 2.36. The summed E-state index contributed by atoms with van der Waals surface area (Å²) in [6.07, 6.45) is 1.14. The minimum Gasteiger partial charge on any atom is -0.306 e. The van der Waals surface area contributed by atoms with Crippen LogP contribution in [0.5, 0.6) is 0 Å². The third-order valence-electron chi connectivity index (χ3n) is 3.24. The van der Waals surface area contributed by atoms with Gasteiger partial charge in [0.25, 0.3) is 0 Å². The molecule has 0 saturated heterocycles. The number of nitrogens with one attached hydrogen (secondary N) is 1. The number of thiophene rings is 2. The van der Waals surface area contributed by atoms with E-state index in [-0.39, 0.29) is 11.5 Å². The lowest BCUT2D eigenvalue weighted by atomic mass is 9.95. The van der Waals surface area contributed by atoms with E-state index in [2.05, 4.69) is 83.1 Å². The van der Waals surface area contributed by atoms with Gasteiger partial charge in [0.1, 0.15) is 0 Å². The molecule has 1 N–H and O–H groups in total. The highest BCUT2D eigenvalue weighted by molar-refractivity contribution is 9.12. The second kappa shape index (κ2) is 7.26. The Morgan fingerprint density at radius 3 is 2.38 bits per heavy atom. The van der Waals surface area contributed by atoms with Gasteiger partial charge in [-0.05, 0) is 68.4 Å². The number of rotatable bonds is 5. The van der Waals surface area contributed by atoms with Gasteiger partial charge < -0.3 is 5.32 Å². The van der Waals surface area contributed by atoms with Gasteiger partial charge in [-0.15, -0.1) is 22.7 Å². The van der Waals surface area contributed by atoms with Crippen LogP contribution in [0.15, 0.2) is 25.8 Å². The van der Waals surface area contributed by atoms with Crippen LogP contribution in [-0.2, 0) is 5.41 Å². The quantitative estimate of drug-likeness (QED) is 0.532. The smallest absolute Gasteiger partial charge is 0.0762 e. The predicted octanol–water partition coefficient (Wildman–Crippen LogP) is 6.72. The number of hydrogen-bond donors (Lipinski definition) is 1. The van der Waals surface area contributed by atoms with Crippen molar-refractivity contribution in [3.63, 3.8) is 0 Å². The summed E-state index contributed by atoms with van der Waals surface area (Å²) in [6.45, 7) is 10.0. The lowest BCUT2D eigenvalue weighted by molar-refractivity contribution is 0.603. The summed E-state index contributed by atoms with van der Waals surface area (Å²) in [6, 6.07) is 7.04. The average molecular weight is 451 g/mol. The van der Waals surface area contributed by atoms with Crippen LogP contribution in [0.2, 0.25) is 0 Å². The summed E-state index contributed by atoms with van der Waals surface area (Å²) in [5, 5.41) is 3.69. The monoisotopic (exact) mass is 449 g/mol. The van der Waals surface area contributed by atoms with Gasteiger partial charge in [-0.2, -0.15) is 0 Å². The van der Waals surface area contributed by atoms with Crippen LogP contribution in [0.25, 0.3) is 0 Å². The molecule has 2 aromatic rings. The van der Waals surface area contributed by atoms with E-state index in [9.17, 15) is 0 Å². The van der Waals surface area contributed by atoms with Crippen LogP contribution in [0.3, 0.4) is 0 Å². The molecule has 116 valence electrons. The molecule has 0 aliphatic heterocycles. The van der Waals surface area contributed by atoms with Crippen LogP contribution < -0.4 is 5.32 Å². The summed E-state index contributed by atoms with van der Waals surface area (Å²) >= 11 is 11.0. The standard InChI is InChI=1S/C16H21Br2NS2/c1-5-8-19-14(10-9-13(17)21-15(10)18)11-6-7-12(20-11)16(2,3)4/h6-7,9,14,19H,5,8H2,1-4H3. The SMILES string of the molecule is CCCNC(c1ccc(C(C)(C)C)s1)c1cc(Br)sc1Br. The van der Waals surface area contributed by atoms with E-state index in [1.54, 1.807) is 11.3 Å². The molecule has 1 atom stereocenters. The van der Waals surface area contributed by atoms with Crippen LogP contribution in [-0.4, -0.2) is 6.54 Å². The lowest BCUT2D eigenvalue weighted by Gasteiger charge is -2.18. The molecule has 21 heavy (non-hydrogen) atoms. The van der Waals surface area contributed by atoms with Gasteiger partial charge in [0.05, 0.1) is 13.6 Å². The van der Waals surface area contributed by atoms with Gasteiger partial charge in [0.15, 0.2) is 0 Å². The van der Waals surface area contributed by atoms with Crippen LogP contribution in [0.1, 0.15) is 55.5 Å². The van der Waals surface area contributed by atoms with Crippen molar-refractivity contribution < 1.29 is 0 Å². The van der Waals surface area contributed by atoms with Gasteiger partial charge in [0.2, 0.25) is 0 Å². The highest BCUT2D eigenvalue weighted by Gasteiger charge is 2.23. The highest BCUT2D eigenvalue weighted by atomic mass is 79.9. The molecule has 1 nitrogen and oxygen atoms in total. The molecule has 2 aromatic heterocycles. The van der Waals surface area contributed by atoms with Crippen molar-refractivity contribution in [2.45, 2.75) is 45.6 Å². The van der Waals surface area contributed by atoms with Crippen molar-refractivity contribution in [1.29, 1.82) is 0 Å².